The van der Waals surface area contributed by atoms with Crippen molar-refractivity contribution in [2.75, 3.05) is 0 Å². The molecule has 0 saturated heterocycles. The van der Waals surface area contributed by atoms with Gasteiger partial charge < -0.3 is 0 Å². The first-order chi connectivity index (χ1) is 27.0. The Morgan fingerprint density at radius 2 is 0.782 bits per heavy atom. The van der Waals surface area contributed by atoms with Gasteiger partial charge in [0.15, 0.2) is 0 Å². The lowest BCUT2D eigenvalue weighted by atomic mass is 9.83. The van der Waals surface area contributed by atoms with Gasteiger partial charge in [0.2, 0.25) is 0 Å². The van der Waals surface area contributed by atoms with Gasteiger partial charge in [-0.15, -0.1) is 0 Å². The Morgan fingerprint density at radius 1 is 0.273 bits per heavy atom. The Morgan fingerprint density at radius 3 is 1.51 bits per heavy atom. The molecule has 10 aromatic carbocycles. The largest absolute Gasteiger partial charge is 0.113 e. The van der Waals surface area contributed by atoms with E-state index in [2.05, 4.69) is 207 Å². The van der Waals surface area contributed by atoms with Crippen molar-refractivity contribution >= 4 is 61.5 Å². The molecule has 0 aliphatic carbocycles. The summed E-state index contributed by atoms with van der Waals surface area (Å²) in [5.74, 6) is 0. The molecule has 0 bridgehead atoms. The van der Waals surface area contributed by atoms with Gasteiger partial charge in [0.05, 0.1) is 0 Å². The van der Waals surface area contributed by atoms with E-state index < -0.39 is 8.07 Å². The van der Waals surface area contributed by atoms with E-state index in [0.29, 0.717) is 0 Å². The lowest BCUT2D eigenvalue weighted by molar-refractivity contribution is 1.62. The van der Waals surface area contributed by atoms with Crippen LogP contribution in [0.2, 0.25) is 13.1 Å². The highest BCUT2D eigenvalue weighted by atomic mass is 28.3. The zero-order chi connectivity index (χ0) is 36.7. The quantitative estimate of drug-likeness (QED) is 0.126. The van der Waals surface area contributed by atoms with Crippen LogP contribution in [0.5, 0.6) is 0 Å². The van der Waals surface area contributed by atoms with Gasteiger partial charge in [-0.05, 0) is 139 Å². The summed E-state index contributed by atoms with van der Waals surface area (Å²) in [5.41, 5.74) is 12.8. The first-order valence-corrected chi connectivity index (χ1v) is 22.3. The molecule has 0 spiro atoms. The van der Waals surface area contributed by atoms with Crippen LogP contribution in [0.3, 0.4) is 0 Å². The van der Waals surface area contributed by atoms with Crippen LogP contribution in [0.4, 0.5) is 0 Å². The molecule has 0 radical (unpaired) electrons. The molecule has 11 rings (SSSR count). The van der Waals surface area contributed by atoms with Gasteiger partial charge in [-0.1, -0.05) is 177 Å². The monoisotopic (exact) mass is 714 g/mol. The first-order valence-electron chi connectivity index (χ1n) is 19.3. The fourth-order valence-corrected chi connectivity index (χ4v) is 12.5. The average Bonchev–Trinajstić information content (AvgIpc) is 3.46. The molecular weight excluding hydrogens is 677 g/mol. The third kappa shape index (κ3) is 5.04. The highest BCUT2D eigenvalue weighted by molar-refractivity contribution is 7.04. The van der Waals surface area contributed by atoms with E-state index in [1.165, 1.54) is 109 Å². The average molecular weight is 715 g/mol. The maximum atomic E-state index is 2.60. The SMILES string of the molecule is C[Si]1(C)c2ccccc2-c2cc3c(-c4cccc(-c5ccc6ccccc6c5)c4)c4ccc(-c5ccc6ccccc6c5)cc4c(-c4ccccc4)c3cc21. The highest BCUT2D eigenvalue weighted by Gasteiger charge is 2.38. The van der Waals surface area contributed by atoms with E-state index in [4.69, 9.17) is 0 Å². The van der Waals surface area contributed by atoms with Crippen LogP contribution >= 0.6 is 0 Å². The summed E-state index contributed by atoms with van der Waals surface area (Å²) in [6, 6.07) is 72.8. The number of benzene rings is 10. The molecule has 0 amide bonds. The molecule has 0 saturated carbocycles. The Labute approximate surface area is 323 Å². The molecular formula is C54H38Si. The Kier molecular flexibility index (Phi) is 7.11. The second-order valence-corrected chi connectivity index (χ2v) is 20.0. The summed E-state index contributed by atoms with van der Waals surface area (Å²) >= 11 is 0. The van der Waals surface area contributed by atoms with Gasteiger partial charge in [0.1, 0.15) is 8.07 Å². The molecule has 1 heteroatoms. The van der Waals surface area contributed by atoms with Crippen molar-refractivity contribution in [2.24, 2.45) is 0 Å². The molecule has 258 valence electrons. The summed E-state index contributed by atoms with van der Waals surface area (Å²) in [4.78, 5) is 0. The Hall–Kier alpha value is -6.54. The number of hydrogen-bond acceptors (Lipinski definition) is 0. The molecule has 1 heterocycles. The second-order valence-electron chi connectivity index (χ2n) is 15.7. The second kappa shape index (κ2) is 12.2. The summed E-state index contributed by atoms with van der Waals surface area (Å²) in [6.45, 7) is 5.05. The highest BCUT2D eigenvalue weighted by Crippen LogP contribution is 2.47. The Balaban J connectivity index is 1.25. The minimum absolute atomic E-state index is 1.23. The first kappa shape index (κ1) is 31.9. The third-order valence-corrected chi connectivity index (χ3v) is 15.7. The molecule has 0 fully saturated rings. The zero-order valence-electron chi connectivity index (χ0n) is 31.0. The van der Waals surface area contributed by atoms with Crippen LogP contribution in [-0.2, 0) is 0 Å². The van der Waals surface area contributed by atoms with Gasteiger partial charge in [-0.2, -0.15) is 0 Å². The normalized spacial score (nSPS) is 13.1. The van der Waals surface area contributed by atoms with Crippen LogP contribution in [0.15, 0.2) is 194 Å². The number of rotatable bonds is 4. The van der Waals surface area contributed by atoms with Crippen molar-refractivity contribution in [1.82, 2.24) is 0 Å². The summed E-state index contributed by atoms with van der Waals surface area (Å²) in [6.07, 6.45) is 0. The molecule has 55 heavy (non-hydrogen) atoms. The van der Waals surface area contributed by atoms with E-state index in [9.17, 15) is 0 Å². The standard InChI is InChI=1S/C54H38Si/c1-55(2)51-22-11-10-21-45(51)47-33-49-50(34-52(47)55)53(37-15-4-3-5-16-37)48-32-43(42-26-24-36-14-7-9-18-39(36)30-42)27-28-46(48)54(49)44-20-12-19-40(31-44)41-25-23-35-13-6-8-17-38(35)29-41/h3-34H,1-2H3. The summed E-state index contributed by atoms with van der Waals surface area (Å²) < 4.78 is 0. The maximum absolute atomic E-state index is 2.60. The molecule has 10 aromatic rings. The van der Waals surface area contributed by atoms with Gasteiger partial charge in [-0.25, -0.2) is 0 Å². The molecule has 0 atom stereocenters. The van der Waals surface area contributed by atoms with Crippen LogP contribution in [0.1, 0.15) is 0 Å². The molecule has 0 nitrogen and oxygen atoms in total. The maximum Gasteiger partial charge on any atom is 0.113 e. The topological polar surface area (TPSA) is 0 Å². The van der Waals surface area contributed by atoms with Crippen LogP contribution in [0.25, 0.3) is 98.7 Å². The van der Waals surface area contributed by atoms with Crippen molar-refractivity contribution in [3.8, 4) is 55.6 Å². The molecule has 0 unspecified atom stereocenters. The minimum atomic E-state index is -1.95. The molecule has 0 N–H and O–H groups in total. The Bertz CT molecular complexity index is 3170. The lowest BCUT2D eigenvalue weighted by Gasteiger charge is -2.23. The van der Waals surface area contributed by atoms with Crippen LogP contribution in [0, 0.1) is 0 Å². The van der Waals surface area contributed by atoms with E-state index >= 15 is 0 Å². The third-order valence-electron chi connectivity index (χ3n) is 12.2. The fourth-order valence-electron chi connectivity index (χ4n) is 9.42. The molecule has 1 aliphatic rings. The predicted molar refractivity (Wildman–Crippen MR) is 240 cm³/mol. The van der Waals surface area contributed by atoms with Gasteiger partial charge in [0, 0.05) is 0 Å². The number of fused-ring (bicyclic) bond motifs is 7. The molecule has 0 aromatic heterocycles. The summed E-state index contributed by atoms with van der Waals surface area (Å²) in [7, 11) is -1.95. The van der Waals surface area contributed by atoms with Gasteiger partial charge >= 0.3 is 0 Å². The van der Waals surface area contributed by atoms with E-state index in [0.717, 1.165) is 0 Å². The van der Waals surface area contributed by atoms with Gasteiger partial charge in [-0.3, -0.25) is 0 Å². The van der Waals surface area contributed by atoms with Crippen molar-refractivity contribution in [3.63, 3.8) is 0 Å². The summed E-state index contributed by atoms with van der Waals surface area (Å²) in [5, 5.41) is 13.3. The van der Waals surface area contributed by atoms with Crippen LogP contribution < -0.4 is 10.4 Å². The van der Waals surface area contributed by atoms with Crippen molar-refractivity contribution in [2.45, 2.75) is 13.1 Å². The number of hydrogen-bond donors (Lipinski definition) is 0. The molecule has 1 aliphatic heterocycles. The van der Waals surface area contributed by atoms with E-state index in [-0.39, 0.29) is 0 Å². The zero-order valence-corrected chi connectivity index (χ0v) is 32.0. The van der Waals surface area contributed by atoms with E-state index in [1.807, 2.05) is 0 Å². The van der Waals surface area contributed by atoms with Crippen molar-refractivity contribution in [3.05, 3.63) is 194 Å². The lowest BCUT2D eigenvalue weighted by Crippen LogP contribution is -2.49. The van der Waals surface area contributed by atoms with Crippen LogP contribution in [-0.4, -0.2) is 8.07 Å². The predicted octanol–water partition coefficient (Wildman–Crippen LogP) is 13.8. The minimum Gasteiger partial charge on any atom is -0.0623 e. The van der Waals surface area contributed by atoms with Gasteiger partial charge in [0.25, 0.3) is 0 Å². The van der Waals surface area contributed by atoms with Crippen molar-refractivity contribution in [1.29, 1.82) is 0 Å². The fraction of sp³-hybridized carbons (Fsp3) is 0.0370. The smallest absolute Gasteiger partial charge is 0.0623 e. The van der Waals surface area contributed by atoms with E-state index in [1.54, 1.807) is 0 Å². The van der Waals surface area contributed by atoms with Crippen molar-refractivity contribution < 1.29 is 0 Å².